The summed E-state index contributed by atoms with van der Waals surface area (Å²) in [6, 6.07) is 11.4. The molecule has 0 saturated heterocycles. The Morgan fingerprint density at radius 3 is 2.68 bits per heavy atom. The molecule has 6 heteroatoms. The molecule has 0 unspecified atom stereocenters. The number of aromatic hydroxyl groups is 1. The zero-order chi connectivity index (χ0) is 18.0. The van der Waals surface area contributed by atoms with Gasteiger partial charge in [0, 0.05) is 22.7 Å². The minimum Gasteiger partial charge on any atom is -0.506 e. The number of esters is 1. The first kappa shape index (κ1) is 16.4. The SMILES string of the molecule is CCOC(=O)c1ccc(O)c2ncc(-c3cccc(C(N)=O)c3)cc12. The van der Waals surface area contributed by atoms with Gasteiger partial charge in [0.05, 0.1) is 12.2 Å². The number of pyridine rings is 1. The van der Waals surface area contributed by atoms with Crippen LogP contribution in [-0.2, 0) is 4.74 Å². The van der Waals surface area contributed by atoms with Gasteiger partial charge in [0.25, 0.3) is 0 Å². The summed E-state index contributed by atoms with van der Waals surface area (Å²) >= 11 is 0. The number of nitrogens with two attached hydrogens (primary N) is 1. The lowest BCUT2D eigenvalue weighted by molar-refractivity contribution is 0.0528. The maximum atomic E-state index is 12.2. The van der Waals surface area contributed by atoms with Gasteiger partial charge in [-0.3, -0.25) is 9.78 Å². The Bertz CT molecular complexity index is 982. The van der Waals surface area contributed by atoms with Crippen molar-refractivity contribution in [2.45, 2.75) is 6.92 Å². The maximum absolute atomic E-state index is 12.2. The number of hydrogen-bond acceptors (Lipinski definition) is 5. The van der Waals surface area contributed by atoms with Crippen LogP contribution in [0.4, 0.5) is 0 Å². The Labute approximate surface area is 143 Å². The van der Waals surface area contributed by atoms with Crippen LogP contribution in [0, 0.1) is 0 Å². The minimum atomic E-state index is -0.527. The summed E-state index contributed by atoms with van der Waals surface area (Å²) in [5, 5.41) is 10.5. The highest BCUT2D eigenvalue weighted by Gasteiger charge is 2.15. The fourth-order valence-corrected chi connectivity index (χ4v) is 2.60. The molecular formula is C19H16N2O4. The van der Waals surface area contributed by atoms with E-state index in [1.807, 2.05) is 6.07 Å². The molecule has 0 spiro atoms. The van der Waals surface area contributed by atoms with Gasteiger partial charge in [-0.25, -0.2) is 4.79 Å². The molecule has 0 aliphatic carbocycles. The lowest BCUT2D eigenvalue weighted by atomic mass is 10.0. The van der Waals surface area contributed by atoms with E-state index in [0.717, 1.165) is 5.56 Å². The van der Waals surface area contributed by atoms with Crippen LogP contribution in [0.3, 0.4) is 0 Å². The standard InChI is InChI=1S/C19H16N2O4/c1-2-25-19(24)14-6-7-16(22)17-15(14)9-13(10-21-17)11-4-3-5-12(8-11)18(20)23/h3-10,22H,2H2,1H3,(H2,20,23). The Morgan fingerprint density at radius 1 is 1.16 bits per heavy atom. The number of fused-ring (bicyclic) bond motifs is 1. The third-order valence-electron chi connectivity index (χ3n) is 3.80. The van der Waals surface area contributed by atoms with Crippen molar-refractivity contribution in [3.05, 3.63) is 59.8 Å². The van der Waals surface area contributed by atoms with Crippen molar-refractivity contribution in [3.63, 3.8) is 0 Å². The lowest BCUT2D eigenvalue weighted by Gasteiger charge is -2.09. The Morgan fingerprint density at radius 2 is 1.96 bits per heavy atom. The van der Waals surface area contributed by atoms with Crippen LogP contribution in [0.5, 0.6) is 5.75 Å². The number of phenolic OH excluding ortho intramolecular Hbond substituents is 1. The zero-order valence-electron chi connectivity index (χ0n) is 13.5. The smallest absolute Gasteiger partial charge is 0.338 e. The monoisotopic (exact) mass is 336 g/mol. The van der Waals surface area contributed by atoms with E-state index in [1.165, 1.54) is 12.1 Å². The molecule has 0 aliphatic heterocycles. The number of benzene rings is 2. The molecule has 1 heterocycles. The number of rotatable bonds is 4. The quantitative estimate of drug-likeness (QED) is 0.713. The molecule has 0 aliphatic rings. The van der Waals surface area contributed by atoms with E-state index in [9.17, 15) is 14.7 Å². The summed E-state index contributed by atoms with van der Waals surface area (Å²) in [5.74, 6) is -1.04. The molecule has 3 rings (SSSR count). The number of nitrogens with zero attached hydrogens (tertiary/aromatic N) is 1. The van der Waals surface area contributed by atoms with Crippen molar-refractivity contribution in [2.75, 3.05) is 6.61 Å². The van der Waals surface area contributed by atoms with E-state index < -0.39 is 11.9 Å². The molecule has 0 saturated carbocycles. The van der Waals surface area contributed by atoms with E-state index in [1.54, 1.807) is 37.4 Å². The Hall–Kier alpha value is -3.41. The summed E-state index contributed by atoms with van der Waals surface area (Å²) in [4.78, 5) is 27.8. The summed E-state index contributed by atoms with van der Waals surface area (Å²) in [7, 11) is 0. The van der Waals surface area contributed by atoms with Gasteiger partial charge in [0.2, 0.25) is 5.91 Å². The summed E-state index contributed by atoms with van der Waals surface area (Å²) in [5.41, 5.74) is 7.73. The molecule has 126 valence electrons. The number of carbonyl (C=O) groups excluding carboxylic acids is 2. The predicted molar refractivity (Wildman–Crippen MR) is 93.3 cm³/mol. The fraction of sp³-hybridized carbons (Fsp3) is 0.105. The minimum absolute atomic E-state index is 0.0273. The second-order valence-electron chi connectivity index (χ2n) is 5.42. The fourth-order valence-electron chi connectivity index (χ4n) is 2.60. The third kappa shape index (κ3) is 3.14. The normalized spacial score (nSPS) is 10.6. The van der Waals surface area contributed by atoms with Gasteiger partial charge in [-0.15, -0.1) is 0 Å². The average molecular weight is 336 g/mol. The molecule has 6 nitrogen and oxygen atoms in total. The van der Waals surface area contributed by atoms with Gasteiger partial charge in [0.1, 0.15) is 11.3 Å². The first-order valence-corrected chi connectivity index (χ1v) is 7.70. The molecule has 3 aromatic rings. The second-order valence-corrected chi connectivity index (χ2v) is 5.42. The number of ether oxygens (including phenoxy) is 1. The highest BCUT2D eigenvalue weighted by Crippen LogP contribution is 2.30. The van der Waals surface area contributed by atoms with Crippen molar-refractivity contribution in [3.8, 4) is 16.9 Å². The number of carbonyl (C=O) groups is 2. The summed E-state index contributed by atoms with van der Waals surface area (Å²) < 4.78 is 5.06. The molecule has 0 atom stereocenters. The molecule has 0 fully saturated rings. The van der Waals surface area contributed by atoms with Gasteiger partial charge >= 0.3 is 5.97 Å². The highest BCUT2D eigenvalue weighted by molar-refractivity contribution is 6.06. The first-order chi connectivity index (χ1) is 12.0. The van der Waals surface area contributed by atoms with E-state index in [4.69, 9.17) is 10.5 Å². The molecular weight excluding hydrogens is 320 g/mol. The van der Waals surface area contributed by atoms with Crippen molar-refractivity contribution in [1.82, 2.24) is 4.98 Å². The Balaban J connectivity index is 2.19. The first-order valence-electron chi connectivity index (χ1n) is 7.70. The van der Waals surface area contributed by atoms with Gasteiger partial charge in [-0.1, -0.05) is 12.1 Å². The van der Waals surface area contributed by atoms with Crippen molar-refractivity contribution >= 4 is 22.8 Å². The Kier molecular flexibility index (Phi) is 4.35. The molecule has 3 N–H and O–H groups in total. The molecule has 2 aromatic carbocycles. The third-order valence-corrected chi connectivity index (χ3v) is 3.80. The number of aromatic nitrogens is 1. The van der Waals surface area contributed by atoms with Crippen LogP contribution in [0.1, 0.15) is 27.6 Å². The van der Waals surface area contributed by atoms with E-state index in [2.05, 4.69) is 4.98 Å². The number of phenols is 1. The average Bonchev–Trinajstić information content (AvgIpc) is 2.62. The van der Waals surface area contributed by atoms with Crippen LogP contribution in [0.15, 0.2) is 48.7 Å². The summed E-state index contributed by atoms with van der Waals surface area (Å²) in [6.07, 6.45) is 1.57. The number of hydrogen-bond donors (Lipinski definition) is 2. The largest absolute Gasteiger partial charge is 0.506 e. The van der Waals surface area contributed by atoms with Gasteiger partial charge < -0.3 is 15.6 Å². The van der Waals surface area contributed by atoms with Gasteiger partial charge in [-0.05, 0) is 42.8 Å². The second kappa shape index (κ2) is 6.60. The van der Waals surface area contributed by atoms with Crippen molar-refractivity contribution in [2.24, 2.45) is 5.73 Å². The molecule has 1 amide bonds. The van der Waals surface area contributed by atoms with Gasteiger partial charge in [0.15, 0.2) is 0 Å². The maximum Gasteiger partial charge on any atom is 0.338 e. The highest BCUT2D eigenvalue weighted by atomic mass is 16.5. The van der Waals surface area contributed by atoms with E-state index in [0.29, 0.717) is 27.6 Å². The summed E-state index contributed by atoms with van der Waals surface area (Å²) in [6.45, 7) is 1.97. The van der Waals surface area contributed by atoms with Crippen LogP contribution in [0.2, 0.25) is 0 Å². The number of primary amides is 1. The topological polar surface area (TPSA) is 103 Å². The number of amides is 1. The molecule has 25 heavy (non-hydrogen) atoms. The van der Waals surface area contributed by atoms with E-state index in [-0.39, 0.29) is 12.4 Å². The van der Waals surface area contributed by atoms with Gasteiger partial charge in [-0.2, -0.15) is 0 Å². The zero-order valence-corrected chi connectivity index (χ0v) is 13.5. The molecule has 0 radical (unpaired) electrons. The van der Waals surface area contributed by atoms with E-state index >= 15 is 0 Å². The lowest BCUT2D eigenvalue weighted by Crippen LogP contribution is -2.10. The van der Waals surface area contributed by atoms with Crippen LogP contribution < -0.4 is 5.73 Å². The van der Waals surface area contributed by atoms with Crippen LogP contribution >= 0.6 is 0 Å². The van der Waals surface area contributed by atoms with Crippen LogP contribution in [0.25, 0.3) is 22.0 Å². The van der Waals surface area contributed by atoms with Crippen molar-refractivity contribution in [1.29, 1.82) is 0 Å². The molecule has 1 aromatic heterocycles. The molecule has 0 bridgehead atoms. The van der Waals surface area contributed by atoms with Crippen molar-refractivity contribution < 1.29 is 19.4 Å². The van der Waals surface area contributed by atoms with Crippen LogP contribution in [-0.4, -0.2) is 28.6 Å². The predicted octanol–water partition coefficient (Wildman–Crippen LogP) is 2.88.